The van der Waals surface area contributed by atoms with Gasteiger partial charge in [0.2, 0.25) is 5.28 Å². The lowest BCUT2D eigenvalue weighted by molar-refractivity contribution is -0.286. The second-order valence-electron chi connectivity index (χ2n) is 7.24. The van der Waals surface area contributed by atoms with Gasteiger partial charge in [0.1, 0.15) is 10.7 Å². The SMILES string of the molecule is O=C(O)CCCNc1cc(CNc2ccsc2C(=O)Nc2ccc3c(c2)OC(F)(F)O3)nc(Cl)n1. The molecule has 1 aliphatic heterocycles. The molecule has 0 saturated carbocycles. The quantitative estimate of drug-likeness (QED) is 0.220. The summed E-state index contributed by atoms with van der Waals surface area (Å²) in [5, 5.41) is 19.2. The Hall–Kier alpha value is -3.71. The fourth-order valence-corrected chi connectivity index (χ4v) is 4.09. The predicted molar refractivity (Wildman–Crippen MR) is 125 cm³/mol. The average Bonchev–Trinajstić information content (AvgIpc) is 3.37. The molecule has 0 bridgehead atoms. The molecule has 2 aromatic heterocycles. The van der Waals surface area contributed by atoms with Crippen LogP contribution in [0.3, 0.4) is 0 Å². The van der Waals surface area contributed by atoms with E-state index >= 15 is 0 Å². The number of thiophene rings is 1. The van der Waals surface area contributed by atoms with E-state index in [-0.39, 0.29) is 35.4 Å². The van der Waals surface area contributed by atoms with Crippen LogP contribution in [0.25, 0.3) is 0 Å². The lowest BCUT2D eigenvalue weighted by Crippen LogP contribution is -2.25. The van der Waals surface area contributed by atoms with Crippen molar-refractivity contribution in [2.45, 2.75) is 25.7 Å². The number of nitrogens with one attached hydrogen (secondary N) is 3. The second-order valence-corrected chi connectivity index (χ2v) is 8.49. The largest absolute Gasteiger partial charge is 0.586 e. The maximum absolute atomic E-state index is 13.2. The first kappa shape index (κ1) is 24.4. The zero-order chi connectivity index (χ0) is 25.0. The van der Waals surface area contributed by atoms with Crippen LogP contribution >= 0.6 is 22.9 Å². The van der Waals surface area contributed by atoms with Crippen LogP contribution in [0.5, 0.6) is 11.5 Å². The van der Waals surface area contributed by atoms with E-state index in [4.69, 9.17) is 16.7 Å². The summed E-state index contributed by atoms with van der Waals surface area (Å²) in [5.74, 6) is -1.18. The molecule has 1 aliphatic rings. The summed E-state index contributed by atoms with van der Waals surface area (Å²) in [6, 6.07) is 7.34. The molecule has 0 saturated heterocycles. The third kappa shape index (κ3) is 6.45. The molecule has 0 fully saturated rings. The van der Waals surface area contributed by atoms with Crippen molar-refractivity contribution >= 4 is 52.0 Å². The van der Waals surface area contributed by atoms with Crippen molar-refractivity contribution < 1.29 is 33.0 Å². The Kier molecular flexibility index (Phi) is 7.17. The van der Waals surface area contributed by atoms with E-state index in [0.29, 0.717) is 35.0 Å². The maximum Gasteiger partial charge on any atom is 0.586 e. The highest BCUT2D eigenvalue weighted by Gasteiger charge is 2.43. The molecule has 3 heterocycles. The fourth-order valence-electron chi connectivity index (χ4n) is 3.13. The van der Waals surface area contributed by atoms with Gasteiger partial charge in [-0.1, -0.05) is 0 Å². The third-order valence-corrected chi connectivity index (χ3v) is 5.70. The molecular weight excluding hydrogens is 508 g/mol. The number of anilines is 3. The number of hydrogen-bond donors (Lipinski definition) is 4. The number of rotatable bonds is 10. The van der Waals surface area contributed by atoms with E-state index in [1.165, 1.54) is 29.5 Å². The molecular formula is C21H18ClF2N5O5S. The molecule has 0 unspecified atom stereocenters. The summed E-state index contributed by atoms with van der Waals surface area (Å²) in [6.07, 6.45) is -3.29. The summed E-state index contributed by atoms with van der Waals surface area (Å²) in [7, 11) is 0. The molecule has 4 rings (SSSR count). The summed E-state index contributed by atoms with van der Waals surface area (Å²) < 4.78 is 35.2. The van der Waals surface area contributed by atoms with Crippen LogP contribution < -0.4 is 25.4 Å². The Balaban J connectivity index is 1.37. The molecule has 14 heteroatoms. The van der Waals surface area contributed by atoms with Crippen LogP contribution in [0.15, 0.2) is 35.7 Å². The number of carbonyl (C=O) groups is 2. The predicted octanol–water partition coefficient (Wildman–Crippen LogP) is 4.65. The average molecular weight is 526 g/mol. The van der Waals surface area contributed by atoms with Gasteiger partial charge >= 0.3 is 12.3 Å². The van der Waals surface area contributed by atoms with Crippen molar-refractivity contribution in [3.05, 3.63) is 51.6 Å². The molecule has 0 spiro atoms. The van der Waals surface area contributed by atoms with Crippen molar-refractivity contribution in [3.8, 4) is 11.5 Å². The number of amides is 1. The second kappa shape index (κ2) is 10.3. The highest BCUT2D eigenvalue weighted by molar-refractivity contribution is 7.12. The van der Waals surface area contributed by atoms with E-state index < -0.39 is 18.2 Å². The number of nitrogens with zero attached hydrogens (tertiary/aromatic N) is 2. The number of carboxylic acids is 1. The van der Waals surface area contributed by atoms with Crippen molar-refractivity contribution in [1.29, 1.82) is 0 Å². The van der Waals surface area contributed by atoms with E-state index in [1.807, 2.05) is 0 Å². The molecule has 0 atom stereocenters. The van der Waals surface area contributed by atoms with Crippen LogP contribution in [0.1, 0.15) is 28.2 Å². The zero-order valence-electron chi connectivity index (χ0n) is 17.8. The Bertz CT molecular complexity index is 1260. The number of fused-ring (bicyclic) bond motifs is 1. The van der Waals surface area contributed by atoms with Gasteiger partial charge in [-0.25, -0.2) is 9.97 Å². The fraction of sp³-hybridized carbons (Fsp3) is 0.238. The summed E-state index contributed by atoms with van der Waals surface area (Å²) in [6.45, 7) is 0.626. The maximum atomic E-state index is 13.2. The van der Waals surface area contributed by atoms with Crippen LogP contribution in [0, 0.1) is 0 Å². The molecule has 184 valence electrons. The first-order valence-electron chi connectivity index (χ1n) is 10.2. The Morgan fingerprint density at radius 3 is 2.71 bits per heavy atom. The summed E-state index contributed by atoms with van der Waals surface area (Å²) in [5.41, 5.74) is 1.33. The Morgan fingerprint density at radius 1 is 1.11 bits per heavy atom. The van der Waals surface area contributed by atoms with Gasteiger partial charge in [-0.15, -0.1) is 20.1 Å². The van der Waals surface area contributed by atoms with Gasteiger partial charge in [0.25, 0.3) is 5.91 Å². The lowest BCUT2D eigenvalue weighted by atomic mass is 10.2. The monoisotopic (exact) mass is 525 g/mol. The summed E-state index contributed by atoms with van der Waals surface area (Å²) >= 11 is 7.18. The van der Waals surface area contributed by atoms with Gasteiger partial charge in [-0.05, 0) is 41.6 Å². The highest BCUT2D eigenvalue weighted by Crippen LogP contribution is 2.42. The minimum Gasteiger partial charge on any atom is -0.481 e. The minimum atomic E-state index is -3.74. The third-order valence-electron chi connectivity index (χ3n) is 4.62. The normalized spacial score (nSPS) is 13.3. The van der Waals surface area contributed by atoms with Gasteiger partial charge in [0.15, 0.2) is 11.5 Å². The van der Waals surface area contributed by atoms with Crippen molar-refractivity contribution in [2.24, 2.45) is 0 Å². The van der Waals surface area contributed by atoms with Crippen LogP contribution in [0.2, 0.25) is 5.28 Å². The Labute approximate surface area is 206 Å². The Morgan fingerprint density at radius 2 is 1.91 bits per heavy atom. The molecule has 1 aromatic carbocycles. The zero-order valence-corrected chi connectivity index (χ0v) is 19.4. The van der Waals surface area contributed by atoms with Crippen LogP contribution in [0.4, 0.5) is 26.0 Å². The number of alkyl halides is 2. The number of halogens is 3. The van der Waals surface area contributed by atoms with E-state index in [2.05, 4.69) is 35.4 Å². The number of carboxylic acid groups (broad SMARTS) is 1. The highest BCUT2D eigenvalue weighted by atomic mass is 35.5. The number of carbonyl (C=O) groups excluding carboxylic acids is 1. The molecule has 3 aromatic rings. The number of hydrogen-bond acceptors (Lipinski definition) is 9. The van der Waals surface area contributed by atoms with Crippen molar-refractivity contribution in [1.82, 2.24) is 9.97 Å². The first-order chi connectivity index (χ1) is 16.7. The van der Waals surface area contributed by atoms with Gasteiger partial charge in [-0.3, -0.25) is 9.59 Å². The van der Waals surface area contributed by atoms with Crippen LogP contribution in [-0.2, 0) is 11.3 Å². The lowest BCUT2D eigenvalue weighted by Gasteiger charge is -2.10. The molecule has 4 N–H and O–H groups in total. The number of aliphatic carboxylic acids is 1. The molecule has 0 radical (unpaired) electrons. The minimum absolute atomic E-state index is 0.0155. The van der Waals surface area contributed by atoms with Gasteiger partial charge in [-0.2, -0.15) is 0 Å². The van der Waals surface area contributed by atoms with E-state index in [0.717, 1.165) is 0 Å². The standard InChI is InChI=1S/C21H18ClF2N5O5S/c22-20-28-12(9-16(29-20)25-6-1-2-17(30)31)10-26-13-5-7-35-18(13)19(32)27-11-3-4-14-15(8-11)34-21(23,24)33-14/h3-5,7-9,26H,1-2,6,10H2,(H,27,32)(H,30,31)(H,25,28,29). The van der Waals surface area contributed by atoms with Gasteiger partial charge in [0.05, 0.1) is 17.9 Å². The molecule has 10 nitrogen and oxygen atoms in total. The van der Waals surface area contributed by atoms with Gasteiger partial charge in [0, 0.05) is 30.8 Å². The van der Waals surface area contributed by atoms with Crippen LogP contribution in [-0.4, -0.2) is 39.8 Å². The molecule has 1 amide bonds. The first-order valence-corrected chi connectivity index (χ1v) is 11.5. The number of benzene rings is 1. The smallest absolute Gasteiger partial charge is 0.481 e. The van der Waals surface area contributed by atoms with Crippen molar-refractivity contribution in [3.63, 3.8) is 0 Å². The number of aromatic nitrogens is 2. The van der Waals surface area contributed by atoms with Crippen molar-refractivity contribution in [2.75, 3.05) is 22.5 Å². The van der Waals surface area contributed by atoms with E-state index in [1.54, 1.807) is 17.5 Å². The topological polar surface area (TPSA) is 135 Å². The van der Waals surface area contributed by atoms with Gasteiger partial charge < -0.3 is 30.5 Å². The summed E-state index contributed by atoms with van der Waals surface area (Å²) in [4.78, 5) is 32.0. The molecule has 0 aliphatic carbocycles. The number of ether oxygens (including phenoxy) is 2. The molecule has 35 heavy (non-hydrogen) atoms. The van der Waals surface area contributed by atoms with E-state index in [9.17, 15) is 18.4 Å².